The highest BCUT2D eigenvalue weighted by Crippen LogP contribution is 2.79. The van der Waals surface area contributed by atoms with Crippen LogP contribution in [0.3, 0.4) is 0 Å². The largest absolute Gasteiger partial charge is 0.425 e. The quantitative estimate of drug-likeness (QED) is 0.216. The first-order valence-corrected chi connectivity index (χ1v) is 10.8. The number of carbonyl (C=O) groups excluding carboxylic acids is 3. The second-order valence-corrected chi connectivity index (χ2v) is 9.32. The number of ether oxygens (including phenoxy) is 1. The second kappa shape index (κ2) is 6.72. The summed E-state index contributed by atoms with van der Waals surface area (Å²) in [4.78, 5) is 41.0. The van der Waals surface area contributed by atoms with Gasteiger partial charge in [0, 0.05) is 27.1 Å². The molecule has 31 heavy (non-hydrogen) atoms. The van der Waals surface area contributed by atoms with Crippen LogP contribution in [-0.4, -0.2) is 17.5 Å². The molecule has 3 atom stereocenters. The van der Waals surface area contributed by atoms with Gasteiger partial charge in [0.15, 0.2) is 17.0 Å². The maximum absolute atomic E-state index is 13.8. The summed E-state index contributed by atoms with van der Waals surface area (Å²) in [7, 11) is 0. The summed E-state index contributed by atoms with van der Waals surface area (Å²) in [5.41, 5.74) is -0.252. The standard InChI is InChI=1S/C26H19BrO4/c1-15-8-10-17(11-9-15)22(28)25(2)21-19-14-18(27)12-13-20(19)31-24(30)26(21,25)23(29)16-6-4-3-5-7-16/h3-14,21H,1-2H3/t21-,25-,26-/m0/s1. The number of Topliss-reactive ketones (excluding diaryl/α,β-unsaturated/α-hetero) is 2. The van der Waals surface area contributed by atoms with Crippen LogP contribution in [0, 0.1) is 17.8 Å². The van der Waals surface area contributed by atoms with Crippen LogP contribution < -0.4 is 4.74 Å². The maximum atomic E-state index is 13.8. The van der Waals surface area contributed by atoms with Crippen LogP contribution in [0.25, 0.3) is 0 Å². The van der Waals surface area contributed by atoms with Crippen molar-refractivity contribution < 1.29 is 19.1 Å². The fraction of sp³-hybridized carbons (Fsp3) is 0.192. The van der Waals surface area contributed by atoms with Crippen molar-refractivity contribution in [1.29, 1.82) is 0 Å². The molecule has 0 bridgehead atoms. The Morgan fingerprint density at radius 3 is 2.23 bits per heavy atom. The highest BCUT2D eigenvalue weighted by Gasteiger charge is 2.87. The molecule has 0 saturated heterocycles. The van der Waals surface area contributed by atoms with Gasteiger partial charge < -0.3 is 4.74 Å². The van der Waals surface area contributed by atoms with Crippen molar-refractivity contribution in [3.8, 4) is 5.75 Å². The highest BCUT2D eigenvalue weighted by molar-refractivity contribution is 9.10. The maximum Gasteiger partial charge on any atom is 0.327 e. The molecule has 0 spiro atoms. The van der Waals surface area contributed by atoms with Crippen molar-refractivity contribution in [2.24, 2.45) is 10.8 Å². The van der Waals surface area contributed by atoms with Crippen LogP contribution in [0.15, 0.2) is 77.3 Å². The molecule has 2 aliphatic rings. The lowest BCUT2D eigenvalue weighted by molar-refractivity contribution is -0.140. The first-order chi connectivity index (χ1) is 14.8. The molecule has 0 radical (unpaired) electrons. The molecular formula is C26H19BrO4. The Morgan fingerprint density at radius 2 is 1.55 bits per heavy atom. The van der Waals surface area contributed by atoms with Crippen LogP contribution in [-0.2, 0) is 4.79 Å². The third-order valence-electron chi connectivity index (χ3n) is 6.73. The van der Waals surface area contributed by atoms with E-state index in [1.165, 1.54) is 0 Å². The van der Waals surface area contributed by atoms with Crippen LogP contribution in [0.1, 0.15) is 44.7 Å². The fourth-order valence-corrected chi connectivity index (χ4v) is 5.48. The Hall–Kier alpha value is -3.05. The van der Waals surface area contributed by atoms with E-state index in [2.05, 4.69) is 15.9 Å². The predicted octanol–water partition coefficient (Wildman–Crippen LogP) is 5.53. The minimum absolute atomic E-state index is 0.230. The molecule has 1 aliphatic carbocycles. The molecule has 5 heteroatoms. The van der Waals surface area contributed by atoms with Gasteiger partial charge in [-0.3, -0.25) is 14.4 Å². The number of ketones is 2. The number of halogens is 1. The normalized spacial score (nSPS) is 25.8. The molecule has 0 N–H and O–H groups in total. The monoisotopic (exact) mass is 474 g/mol. The van der Waals surface area contributed by atoms with E-state index in [0.29, 0.717) is 22.4 Å². The SMILES string of the molecule is Cc1ccc(C(=O)[C@]2(C)[C@@H]3c4cc(Br)ccc4OC(=O)[C@@]32C(=O)c2ccccc2)cc1. The van der Waals surface area contributed by atoms with E-state index in [1.807, 2.05) is 25.1 Å². The van der Waals surface area contributed by atoms with Gasteiger partial charge in [0.05, 0.1) is 5.41 Å². The Kier molecular flexibility index (Phi) is 4.31. The topological polar surface area (TPSA) is 60.4 Å². The van der Waals surface area contributed by atoms with Crippen molar-refractivity contribution in [3.05, 3.63) is 99.5 Å². The van der Waals surface area contributed by atoms with E-state index in [0.717, 1.165) is 10.0 Å². The Morgan fingerprint density at radius 1 is 0.903 bits per heavy atom. The average molecular weight is 475 g/mol. The molecule has 1 aliphatic heterocycles. The third kappa shape index (κ3) is 2.56. The summed E-state index contributed by atoms with van der Waals surface area (Å²) in [6.07, 6.45) is 0. The van der Waals surface area contributed by atoms with Gasteiger partial charge >= 0.3 is 5.97 Å². The lowest BCUT2D eigenvalue weighted by atomic mass is 9.82. The summed E-state index contributed by atoms with van der Waals surface area (Å²) < 4.78 is 6.45. The van der Waals surface area contributed by atoms with Gasteiger partial charge in [-0.25, -0.2) is 0 Å². The average Bonchev–Trinajstić information content (AvgIpc) is 3.37. The zero-order chi connectivity index (χ0) is 22.0. The second-order valence-electron chi connectivity index (χ2n) is 8.41. The number of rotatable bonds is 4. The van der Waals surface area contributed by atoms with Crippen LogP contribution in [0.2, 0.25) is 0 Å². The van der Waals surface area contributed by atoms with E-state index in [4.69, 9.17) is 4.74 Å². The number of carbonyl (C=O) groups is 3. The van der Waals surface area contributed by atoms with Crippen molar-refractivity contribution in [2.45, 2.75) is 19.8 Å². The van der Waals surface area contributed by atoms with Gasteiger partial charge in [0.1, 0.15) is 5.75 Å². The predicted molar refractivity (Wildman–Crippen MR) is 119 cm³/mol. The molecule has 3 aromatic carbocycles. The van der Waals surface area contributed by atoms with Crippen molar-refractivity contribution in [3.63, 3.8) is 0 Å². The number of esters is 1. The first kappa shape index (κ1) is 19.9. The summed E-state index contributed by atoms with van der Waals surface area (Å²) >= 11 is 3.47. The van der Waals surface area contributed by atoms with E-state index < -0.39 is 22.7 Å². The van der Waals surface area contributed by atoms with E-state index in [9.17, 15) is 14.4 Å². The van der Waals surface area contributed by atoms with E-state index in [1.54, 1.807) is 61.5 Å². The highest BCUT2D eigenvalue weighted by atomic mass is 79.9. The zero-order valence-electron chi connectivity index (χ0n) is 17.0. The molecule has 1 fully saturated rings. The first-order valence-electron chi connectivity index (χ1n) is 10.0. The zero-order valence-corrected chi connectivity index (χ0v) is 18.6. The minimum Gasteiger partial charge on any atom is -0.425 e. The van der Waals surface area contributed by atoms with E-state index in [-0.39, 0.29) is 11.6 Å². The Labute approximate surface area is 188 Å². The lowest BCUT2D eigenvalue weighted by Crippen LogP contribution is -2.39. The summed E-state index contributed by atoms with van der Waals surface area (Å²) in [5, 5.41) is 0. The number of aryl methyl sites for hydroxylation is 1. The van der Waals surface area contributed by atoms with Crippen LogP contribution in [0.5, 0.6) is 5.75 Å². The smallest absolute Gasteiger partial charge is 0.327 e. The summed E-state index contributed by atoms with van der Waals surface area (Å²) in [6.45, 7) is 3.66. The van der Waals surface area contributed by atoms with Crippen LogP contribution in [0.4, 0.5) is 0 Å². The molecule has 4 nitrogen and oxygen atoms in total. The summed E-state index contributed by atoms with van der Waals surface area (Å²) in [5.74, 6) is -1.47. The number of hydrogen-bond donors (Lipinski definition) is 0. The molecule has 0 amide bonds. The fourth-order valence-electron chi connectivity index (χ4n) is 5.10. The molecule has 154 valence electrons. The molecule has 0 aromatic heterocycles. The molecule has 3 aromatic rings. The summed E-state index contributed by atoms with van der Waals surface area (Å²) in [6, 6.07) is 21.2. The molecule has 5 rings (SSSR count). The van der Waals surface area contributed by atoms with E-state index >= 15 is 0 Å². The third-order valence-corrected chi connectivity index (χ3v) is 7.23. The van der Waals surface area contributed by atoms with Crippen molar-refractivity contribution in [2.75, 3.05) is 0 Å². The lowest BCUT2D eigenvalue weighted by Gasteiger charge is -2.23. The van der Waals surface area contributed by atoms with Gasteiger partial charge in [-0.05, 0) is 25.1 Å². The number of benzene rings is 3. The number of hydrogen-bond acceptors (Lipinski definition) is 4. The van der Waals surface area contributed by atoms with Gasteiger partial charge in [-0.15, -0.1) is 0 Å². The van der Waals surface area contributed by atoms with Crippen LogP contribution >= 0.6 is 15.9 Å². The van der Waals surface area contributed by atoms with Crippen molar-refractivity contribution >= 4 is 33.5 Å². The Balaban J connectivity index is 1.73. The van der Waals surface area contributed by atoms with Gasteiger partial charge in [0.25, 0.3) is 0 Å². The van der Waals surface area contributed by atoms with Gasteiger partial charge in [-0.1, -0.05) is 83.0 Å². The molecule has 0 unspecified atom stereocenters. The minimum atomic E-state index is -1.59. The van der Waals surface area contributed by atoms with Gasteiger partial charge in [-0.2, -0.15) is 0 Å². The Bertz CT molecular complexity index is 1250. The van der Waals surface area contributed by atoms with Crippen molar-refractivity contribution in [1.82, 2.24) is 0 Å². The molecule has 1 heterocycles. The molecular weight excluding hydrogens is 456 g/mol. The number of fused-ring (bicyclic) bond motifs is 3. The van der Waals surface area contributed by atoms with Gasteiger partial charge in [0.2, 0.25) is 0 Å². The molecule has 1 saturated carbocycles.